The summed E-state index contributed by atoms with van der Waals surface area (Å²) < 4.78 is 0. The highest BCUT2D eigenvalue weighted by Gasteiger charge is 2.26. The van der Waals surface area contributed by atoms with Gasteiger partial charge >= 0.3 is 0 Å². The minimum atomic E-state index is -0.589. The lowest BCUT2D eigenvalue weighted by molar-refractivity contribution is 0.116. The quantitative estimate of drug-likeness (QED) is 0.594. The van der Waals surface area contributed by atoms with Crippen LogP contribution in [0.3, 0.4) is 0 Å². The summed E-state index contributed by atoms with van der Waals surface area (Å²) in [5, 5.41) is 19.9. The molecule has 2 atom stereocenters. The Morgan fingerprint density at radius 1 is 0.917 bits per heavy atom. The van der Waals surface area contributed by atoms with E-state index in [1.165, 1.54) is 0 Å². The molecule has 2 nitrogen and oxygen atoms in total. The van der Waals surface area contributed by atoms with Crippen LogP contribution in [0, 0.1) is 0 Å². The summed E-state index contributed by atoms with van der Waals surface area (Å²) in [6.07, 6.45) is 2.68. The van der Waals surface area contributed by atoms with Crippen molar-refractivity contribution in [3.63, 3.8) is 0 Å². The second-order valence-electron chi connectivity index (χ2n) is 6.46. The number of nitrogens with one attached hydrogen (secondary N) is 1. The van der Waals surface area contributed by atoms with Gasteiger partial charge in [-0.1, -0.05) is 53.9 Å². The van der Waals surface area contributed by atoms with Gasteiger partial charge in [-0.3, -0.25) is 0 Å². The average molecular weight is 360 g/mol. The molecular formula is C20H19Cl2NO. The zero-order valence-electron chi connectivity index (χ0n) is 13.2. The van der Waals surface area contributed by atoms with Gasteiger partial charge in [0.15, 0.2) is 0 Å². The Kier molecular flexibility index (Phi) is 4.40. The number of halogens is 2. The third kappa shape index (κ3) is 2.68. The summed E-state index contributed by atoms with van der Waals surface area (Å²) in [6, 6.07) is 13.8. The van der Waals surface area contributed by atoms with Crippen LogP contribution in [0.1, 0.15) is 30.9 Å². The van der Waals surface area contributed by atoms with E-state index in [0.29, 0.717) is 10.0 Å². The molecule has 0 aromatic heterocycles. The fourth-order valence-corrected chi connectivity index (χ4v) is 4.25. The number of hydrogen-bond donors (Lipinski definition) is 2. The summed E-state index contributed by atoms with van der Waals surface area (Å²) in [6.45, 7) is 0.950. The van der Waals surface area contributed by atoms with Crippen LogP contribution < -0.4 is 5.32 Å². The van der Waals surface area contributed by atoms with Gasteiger partial charge < -0.3 is 10.4 Å². The molecule has 124 valence electrons. The maximum Gasteiger partial charge on any atom is 0.0954 e. The zero-order valence-corrected chi connectivity index (χ0v) is 14.7. The maximum atomic E-state index is 11.2. The van der Waals surface area contributed by atoms with Crippen LogP contribution in [-0.2, 0) is 0 Å². The molecule has 1 saturated heterocycles. The van der Waals surface area contributed by atoms with Crippen molar-refractivity contribution >= 4 is 44.7 Å². The monoisotopic (exact) mass is 359 g/mol. The Hall–Kier alpha value is -1.32. The minimum absolute atomic E-state index is 0.0607. The second kappa shape index (κ2) is 6.53. The third-order valence-electron chi connectivity index (χ3n) is 5.00. The topological polar surface area (TPSA) is 32.3 Å². The van der Waals surface area contributed by atoms with Gasteiger partial charge in [0.1, 0.15) is 0 Å². The molecule has 3 aromatic rings. The minimum Gasteiger partial charge on any atom is -0.387 e. The Morgan fingerprint density at radius 2 is 1.54 bits per heavy atom. The highest BCUT2D eigenvalue weighted by molar-refractivity contribution is 6.38. The van der Waals surface area contributed by atoms with Gasteiger partial charge in [-0.05, 0) is 53.9 Å². The van der Waals surface area contributed by atoms with E-state index in [9.17, 15) is 5.11 Å². The summed E-state index contributed by atoms with van der Waals surface area (Å²) in [5.41, 5.74) is 0.923. The lowest BCUT2D eigenvalue weighted by atomic mass is 9.88. The normalized spacial score (nSPS) is 19.7. The molecule has 1 fully saturated rings. The van der Waals surface area contributed by atoms with Gasteiger partial charge in [-0.25, -0.2) is 0 Å². The molecule has 0 aliphatic carbocycles. The number of fused-ring (bicyclic) bond motifs is 2. The fourth-order valence-electron chi connectivity index (χ4n) is 3.79. The van der Waals surface area contributed by atoms with E-state index in [0.717, 1.165) is 52.9 Å². The molecule has 0 bridgehead atoms. The van der Waals surface area contributed by atoms with E-state index in [4.69, 9.17) is 23.2 Å². The standard InChI is InChI=1S/C20H19Cl2NO/c21-16-7-3-5-12-14(16)11-15-13(6-4-8-17(15)22)19(12)20(24)18-9-1-2-10-23-18/h3-8,11,18,20,23-24H,1-2,9-10H2. The predicted octanol–water partition coefficient (Wildman–Crippen LogP) is 5.48. The van der Waals surface area contributed by atoms with Crippen molar-refractivity contribution < 1.29 is 5.11 Å². The van der Waals surface area contributed by atoms with Crippen LogP contribution in [0.4, 0.5) is 0 Å². The molecule has 1 aliphatic rings. The summed E-state index contributed by atoms with van der Waals surface area (Å²) in [7, 11) is 0. The van der Waals surface area contributed by atoms with Crippen molar-refractivity contribution in [3.05, 3.63) is 58.1 Å². The van der Waals surface area contributed by atoms with Crippen LogP contribution in [0.25, 0.3) is 21.5 Å². The van der Waals surface area contributed by atoms with Gasteiger partial charge in [0.25, 0.3) is 0 Å². The molecule has 0 radical (unpaired) electrons. The summed E-state index contributed by atoms with van der Waals surface area (Å²) in [4.78, 5) is 0. The van der Waals surface area contributed by atoms with Crippen LogP contribution in [0.2, 0.25) is 10.0 Å². The van der Waals surface area contributed by atoms with Gasteiger partial charge in [-0.15, -0.1) is 0 Å². The molecule has 2 unspecified atom stereocenters. The molecule has 0 saturated carbocycles. The van der Waals surface area contributed by atoms with Crippen molar-refractivity contribution in [3.8, 4) is 0 Å². The van der Waals surface area contributed by atoms with Gasteiger partial charge in [0.2, 0.25) is 0 Å². The molecule has 0 spiro atoms. The van der Waals surface area contributed by atoms with E-state index in [2.05, 4.69) is 5.32 Å². The lowest BCUT2D eigenvalue weighted by Crippen LogP contribution is -2.38. The first-order valence-corrected chi connectivity index (χ1v) is 9.13. The Labute approximate surface area is 151 Å². The summed E-state index contributed by atoms with van der Waals surface area (Å²) >= 11 is 12.9. The van der Waals surface area contributed by atoms with Crippen LogP contribution in [0.5, 0.6) is 0 Å². The van der Waals surface area contributed by atoms with E-state index in [1.807, 2.05) is 42.5 Å². The van der Waals surface area contributed by atoms with E-state index < -0.39 is 6.10 Å². The van der Waals surface area contributed by atoms with Crippen molar-refractivity contribution in [2.24, 2.45) is 0 Å². The van der Waals surface area contributed by atoms with Gasteiger partial charge in [0, 0.05) is 26.9 Å². The van der Waals surface area contributed by atoms with Crippen LogP contribution >= 0.6 is 23.2 Å². The smallest absolute Gasteiger partial charge is 0.0954 e. The number of aliphatic hydroxyl groups excluding tert-OH is 1. The molecule has 2 N–H and O–H groups in total. The molecule has 1 heterocycles. The van der Waals surface area contributed by atoms with E-state index in [1.54, 1.807) is 0 Å². The number of piperidine rings is 1. The molecule has 4 rings (SSSR count). The molecular weight excluding hydrogens is 341 g/mol. The van der Waals surface area contributed by atoms with Crippen molar-refractivity contribution in [2.75, 3.05) is 6.54 Å². The Balaban J connectivity index is 2.02. The second-order valence-corrected chi connectivity index (χ2v) is 7.28. The molecule has 1 aliphatic heterocycles. The first kappa shape index (κ1) is 16.2. The number of aliphatic hydroxyl groups is 1. The van der Waals surface area contributed by atoms with E-state index >= 15 is 0 Å². The fraction of sp³-hybridized carbons (Fsp3) is 0.300. The average Bonchev–Trinajstić information content (AvgIpc) is 2.61. The molecule has 0 amide bonds. The first-order chi connectivity index (χ1) is 11.7. The van der Waals surface area contributed by atoms with Crippen LogP contribution in [-0.4, -0.2) is 17.7 Å². The molecule has 3 aromatic carbocycles. The van der Waals surface area contributed by atoms with Crippen molar-refractivity contribution in [1.29, 1.82) is 0 Å². The maximum absolute atomic E-state index is 11.2. The highest BCUT2D eigenvalue weighted by Crippen LogP contribution is 2.39. The Bertz CT molecular complexity index is 843. The number of hydrogen-bond acceptors (Lipinski definition) is 2. The van der Waals surface area contributed by atoms with Crippen LogP contribution in [0.15, 0.2) is 42.5 Å². The summed E-state index contributed by atoms with van der Waals surface area (Å²) in [5.74, 6) is 0. The van der Waals surface area contributed by atoms with E-state index in [-0.39, 0.29) is 6.04 Å². The van der Waals surface area contributed by atoms with Crippen molar-refractivity contribution in [1.82, 2.24) is 5.32 Å². The largest absolute Gasteiger partial charge is 0.387 e. The zero-order chi connectivity index (χ0) is 16.7. The lowest BCUT2D eigenvalue weighted by Gasteiger charge is -2.30. The predicted molar refractivity (Wildman–Crippen MR) is 102 cm³/mol. The number of benzene rings is 3. The Morgan fingerprint density at radius 3 is 2.08 bits per heavy atom. The van der Waals surface area contributed by atoms with Gasteiger partial charge in [0.05, 0.1) is 6.10 Å². The first-order valence-electron chi connectivity index (χ1n) is 8.37. The molecule has 24 heavy (non-hydrogen) atoms. The SMILES string of the molecule is OC(c1c2cccc(Cl)c2cc2c(Cl)cccc12)C1CCCCN1. The molecule has 4 heteroatoms. The third-order valence-corrected chi connectivity index (χ3v) is 5.66. The van der Waals surface area contributed by atoms with Crippen molar-refractivity contribution in [2.45, 2.75) is 31.4 Å². The number of rotatable bonds is 2. The van der Waals surface area contributed by atoms with Gasteiger partial charge in [-0.2, -0.15) is 0 Å². The highest BCUT2D eigenvalue weighted by atomic mass is 35.5.